The molecular weight excluding hydrogens is 270 g/mol. The number of methoxy groups -OCH3 is 1. The zero-order chi connectivity index (χ0) is 15.0. The van der Waals surface area contributed by atoms with E-state index in [0.717, 1.165) is 6.42 Å². The van der Waals surface area contributed by atoms with Crippen LogP contribution < -0.4 is 10.1 Å². The van der Waals surface area contributed by atoms with Crippen molar-refractivity contribution in [1.82, 2.24) is 0 Å². The number of allylic oxidation sites excluding steroid dienone is 2. The van der Waals surface area contributed by atoms with Crippen LogP contribution in [0, 0.1) is 23.7 Å². The number of hydrogen-bond donors (Lipinski definition) is 2. The summed E-state index contributed by atoms with van der Waals surface area (Å²) in [5.41, 5.74) is 0.570. The lowest BCUT2D eigenvalue weighted by Crippen LogP contribution is -2.36. The number of para-hydroxylation sites is 2. The van der Waals surface area contributed by atoms with E-state index in [-0.39, 0.29) is 17.7 Å². The summed E-state index contributed by atoms with van der Waals surface area (Å²) in [6.45, 7) is 0. The summed E-state index contributed by atoms with van der Waals surface area (Å²) in [5, 5.41) is 12.2. The van der Waals surface area contributed by atoms with E-state index in [1.807, 2.05) is 18.2 Å². The number of carboxylic acid groups (broad SMARTS) is 1. The van der Waals surface area contributed by atoms with E-state index >= 15 is 0 Å². The number of rotatable bonds is 4. The molecule has 0 unspecified atom stereocenters. The minimum Gasteiger partial charge on any atom is -0.495 e. The molecule has 4 atom stereocenters. The Balaban J connectivity index is 1.82. The van der Waals surface area contributed by atoms with Gasteiger partial charge >= 0.3 is 5.97 Å². The van der Waals surface area contributed by atoms with E-state index < -0.39 is 17.8 Å². The molecule has 0 saturated heterocycles. The number of amides is 1. The van der Waals surface area contributed by atoms with E-state index in [9.17, 15) is 14.7 Å². The quantitative estimate of drug-likeness (QED) is 0.832. The van der Waals surface area contributed by atoms with Gasteiger partial charge in [-0.05, 0) is 30.4 Å². The molecule has 1 amide bonds. The van der Waals surface area contributed by atoms with Crippen molar-refractivity contribution >= 4 is 17.6 Å². The van der Waals surface area contributed by atoms with E-state index in [1.165, 1.54) is 7.11 Å². The molecule has 2 aliphatic carbocycles. The number of aliphatic carboxylic acids is 1. The Bertz CT molecular complexity index is 610. The minimum absolute atomic E-state index is 0.0193. The van der Waals surface area contributed by atoms with E-state index in [1.54, 1.807) is 18.2 Å². The van der Waals surface area contributed by atoms with Gasteiger partial charge in [0.15, 0.2) is 0 Å². The van der Waals surface area contributed by atoms with Crippen molar-refractivity contribution in [2.24, 2.45) is 23.7 Å². The molecule has 0 aliphatic heterocycles. The van der Waals surface area contributed by atoms with Gasteiger partial charge in [0.25, 0.3) is 0 Å². The highest BCUT2D eigenvalue weighted by atomic mass is 16.5. The number of benzene rings is 1. The summed E-state index contributed by atoms with van der Waals surface area (Å²) in [7, 11) is 1.53. The topological polar surface area (TPSA) is 75.6 Å². The fourth-order valence-electron chi connectivity index (χ4n) is 3.48. The van der Waals surface area contributed by atoms with E-state index in [4.69, 9.17) is 4.74 Å². The molecule has 1 saturated carbocycles. The number of nitrogens with one attached hydrogen (secondary N) is 1. The molecule has 1 aromatic rings. The Morgan fingerprint density at radius 2 is 1.86 bits per heavy atom. The highest BCUT2D eigenvalue weighted by Crippen LogP contribution is 2.48. The zero-order valence-corrected chi connectivity index (χ0v) is 11.7. The van der Waals surface area contributed by atoms with Gasteiger partial charge in [-0.1, -0.05) is 24.3 Å². The fraction of sp³-hybridized carbons (Fsp3) is 0.375. The van der Waals surface area contributed by atoms with Crippen LogP contribution in [0.3, 0.4) is 0 Å². The molecule has 2 aliphatic rings. The van der Waals surface area contributed by atoms with Gasteiger partial charge in [-0.3, -0.25) is 9.59 Å². The predicted octanol–water partition coefficient (Wildman–Crippen LogP) is 2.16. The maximum absolute atomic E-state index is 12.5. The van der Waals surface area contributed by atoms with Crippen molar-refractivity contribution in [1.29, 1.82) is 0 Å². The first-order valence-electron chi connectivity index (χ1n) is 6.97. The number of carboxylic acids is 1. The van der Waals surface area contributed by atoms with Gasteiger partial charge in [-0.25, -0.2) is 0 Å². The third kappa shape index (κ3) is 2.28. The standard InChI is InChI=1S/C16H17NO4/c1-21-12-5-3-2-4-11(12)17-15(18)13-9-6-7-10(8-9)14(13)16(19)20/h2-7,9-10,13-14H,8H2,1H3,(H,17,18)(H,19,20)/t9-,10-,13+,14-/m0/s1. The lowest BCUT2D eigenvalue weighted by atomic mass is 9.82. The molecular formula is C16H17NO4. The Kier molecular flexibility index (Phi) is 3.41. The van der Waals surface area contributed by atoms with Crippen LogP contribution in [0.1, 0.15) is 6.42 Å². The summed E-state index contributed by atoms with van der Waals surface area (Å²) in [4.78, 5) is 24.0. The van der Waals surface area contributed by atoms with Gasteiger partial charge in [0.1, 0.15) is 5.75 Å². The van der Waals surface area contributed by atoms with Crippen molar-refractivity contribution in [3.63, 3.8) is 0 Å². The monoisotopic (exact) mass is 287 g/mol. The Labute approximate surface area is 122 Å². The Morgan fingerprint density at radius 3 is 2.52 bits per heavy atom. The molecule has 5 nitrogen and oxygen atoms in total. The first-order valence-corrected chi connectivity index (χ1v) is 6.97. The van der Waals surface area contributed by atoms with Crippen LogP contribution in [0.5, 0.6) is 5.75 Å². The van der Waals surface area contributed by atoms with Gasteiger partial charge in [-0.15, -0.1) is 0 Å². The highest BCUT2D eigenvalue weighted by Gasteiger charge is 2.51. The average molecular weight is 287 g/mol. The average Bonchev–Trinajstić information content (AvgIpc) is 3.08. The lowest BCUT2D eigenvalue weighted by Gasteiger charge is -2.24. The van der Waals surface area contributed by atoms with Crippen LogP contribution in [-0.4, -0.2) is 24.1 Å². The minimum atomic E-state index is -0.896. The zero-order valence-electron chi connectivity index (χ0n) is 11.7. The number of fused-ring (bicyclic) bond motifs is 2. The maximum atomic E-state index is 12.5. The third-order valence-corrected chi connectivity index (χ3v) is 4.41. The van der Waals surface area contributed by atoms with Crippen LogP contribution in [0.15, 0.2) is 36.4 Å². The highest BCUT2D eigenvalue weighted by molar-refractivity contribution is 5.97. The molecule has 3 rings (SSSR count). The molecule has 0 aromatic heterocycles. The molecule has 0 heterocycles. The van der Waals surface area contributed by atoms with Crippen LogP contribution in [0.2, 0.25) is 0 Å². The van der Waals surface area contributed by atoms with Crippen molar-refractivity contribution in [3.8, 4) is 5.75 Å². The molecule has 0 radical (unpaired) electrons. The van der Waals surface area contributed by atoms with Crippen molar-refractivity contribution in [3.05, 3.63) is 36.4 Å². The molecule has 1 aromatic carbocycles. The number of carbonyl (C=O) groups excluding carboxylic acids is 1. The van der Waals surface area contributed by atoms with E-state index in [0.29, 0.717) is 11.4 Å². The van der Waals surface area contributed by atoms with Gasteiger partial charge in [0, 0.05) is 0 Å². The van der Waals surface area contributed by atoms with Gasteiger partial charge < -0.3 is 15.2 Å². The summed E-state index contributed by atoms with van der Waals surface area (Å²) in [6, 6.07) is 7.11. The van der Waals surface area contributed by atoms with Gasteiger partial charge in [0.05, 0.1) is 24.6 Å². The largest absolute Gasteiger partial charge is 0.495 e. The summed E-state index contributed by atoms with van der Waals surface area (Å²) >= 11 is 0. The summed E-state index contributed by atoms with van der Waals surface area (Å²) in [5.74, 6) is -1.73. The number of carbonyl (C=O) groups is 2. The number of hydrogen-bond acceptors (Lipinski definition) is 3. The normalized spacial score (nSPS) is 29.4. The second-order valence-corrected chi connectivity index (χ2v) is 5.53. The SMILES string of the molecule is COc1ccccc1NC(=O)[C@H]1[C@@H](C(=O)O)[C@H]2C=C[C@H]1C2. The molecule has 5 heteroatoms. The lowest BCUT2D eigenvalue weighted by molar-refractivity contribution is -0.146. The predicted molar refractivity (Wildman–Crippen MR) is 77.0 cm³/mol. The molecule has 110 valence electrons. The van der Waals surface area contributed by atoms with Gasteiger partial charge in [0.2, 0.25) is 5.91 Å². The summed E-state index contributed by atoms with van der Waals surface area (Å²) in [6.07, 6.45) is 4.65. The Morgan fingerprint density at radius 1 is 1.19 bits per heavy atom. The molecule has 2 N–H and O–H groups in total. The summed E-state index contributed by atoms with van der Waals surface area (Å²) < 4.78 is 5.20. The molecule has 21 heavy (non-hydrogen) atoms. The van der Waals surface area contributed by atoms with Crippen LogP contribution in [0.25, 0.3) is 0 Å². The number of ether oxygens (including phenoxy) is 1. The van der Waals surface area contributed by atoms with Crippen LogP contribution in [0.4, 0.5) is 5.69 Å². The molecule has 0 spiro atoms. The molecule has 1 fully saturated rings. The Hall–Kier alpha value is -2.30. The third-order valence-electron chi connectivity index (χ3n) is 4.41. The van der Waals surface area contributed by atoms with E-state index in [2.05, 4.69) is 5.32 Å². The smallest absolute Gasteiger partial charge is 0.307 e. The first-order chi connectivity index (χ1) is 10.1. The second kappa shape index (κ2) is 5.24. The van der Waals surface area contributed by atoms with Gasteiger partial charge in [-0.2, -0.15) is 0 Å². The van der Waals surface area contributed by atoms with Crippen molar-refractivity contribution in [2.45, 2.75) is 6.42 Å². The van der Waals surface area contributed by atoms with Crippen LogP contribution >= 0.6 is 0 Å². The number of anilines is 1. The van der Waals surface area contributed by atoms with Crippen molar-refractivity contribution in [2.75, 3.05) is 12.4 Å². The molecule has 2 bridgehead atoms. The van der Waals surface area contributed by atoms with Crippen molar-refractivity contribution < 1.29 is 19.4 Å². The maximum Gasteiger partial charge on any atom is 0.307 e. The van der Waals surface area contributed by atoms with Crippen LogP contribution in [-0.2, 0) is 9.59 Å². The fourth-order valence-corrected chi connectivity index (χ4v) is 3.48. The second-order valence-electron chi connectivity index (χ2n) is 5.53. The first kappa shape index (κ1) is 13.7.